The molecule has 0 saturated heterocycles. The summed E-state index contributed by atoms with van der Waals surface area (Å²) in [6.45, 7) is 9.29. The predicted molar refractivity (Wildman–Crippen MR) is 94.2 cm³/mol. The van der Waals surface area contributed by atoms with Gasteiger partial charge in [0.15, 0.2) is 0 Å². The molecule has 0 radical (unpaired) electrons. The van der Waals surface area contributed by atoms with E-state index in [4.69, 9.17) is 0 Å². The zero-order valence-electron chi connectivity index (χ0n) is 14.8. The van der Waals surface area contributed by atoms with Crippen LogP contribution in [0.15, 0.2) is 12.2 Å². The number of allylic oxidation sites excluding steroid dienone is 2. The molecule has 0 aromatic carbocycles. The lowest BCUT2D eigenvalue weighted by Crippen LogP contribution is -2.05. The summed E-state index contributed by atoms with van der Waals surface area (Å²) in [6, 6.07) is 0. The van der Waals surface area contributed by atoms with E-state index in [9.17, 15) is 0 Å². The van der Waals surface area contributed by atoms with E-state index >= 15 is 0 Å². The molecule has 20 heavy (non-hydrogen) atoms. The van der Waals surface area contributed by atoms with E-state index in [1.807, 2.05) is 0 Å². The predicted octanol–water partition coefficient (Wildman–Crippen LogP) is 7.54. The number of rotatable bonds is 14. The van der Waals surface area contributed by atoms with Gasteiger partial charge in [-0.05, 0) is 24.7 Å². The largest absolute Gasteiger partial charge is 0.0883 e. The van der Waals surface area contributed by atoms with Crippen molar-refractivity contribution >= 4 is 0 Å². The molecule has 120 valence electrons. The Morgan fingerprint density at radius 3 is 1.75 bits per heavy atom. The first-order chi connectivity index (χ1) is 9.72. The van der Waals surface area contributed by atoms with Crippen molar-refractivity contribution < 1.29 is 0 Å². The van der Waals surface area contributed by atoms with Gasteiger partial charge in [0.25, 0.3) is 0 Å². The van der Waals surface area contributed by atoms with Gasteiger partial charge in [0, 0.05) is 0 Å². The average molecular weight is 281 g/mol. The molecule has 1 atom stereocenters. The van der Waals surface area contributed by atoms with Crippen LogP contribution < -0.4 is 0 Å². The fourth-order valence-electron chi connectivity index (χ4n) is 2.78. The highest BCUT2D eigenvalue weighted by Crippen LogP contribution is 2.21. The Morgan fingerprint density at radius 1 is 0.700 bits per heavy atom. The third kappa shape index (κ3) is 12.8. The summed E-state index contributed by atoms with van der Waals surface area (Å²) in [7, 11) is 0. The molecule has 0 saturated carbocycles. The summed E-state index contributed by atoms with van der Waals surface area (Å²) >= 11 is 0. The highest BCUT2D eigenvalue weighted by Gasteiger charge is 2.08. The Kier molecular flexibility index (Phi) is 14.9. The van der Waals surface area contributed by atoms with Crippen LogP contribution in [-0.2, 0) is 0 Å². The van der Waals surface area contributed by atoms with Gasteiger partial charge in [-0.25, -0.2) is 0 Å². The molecule has 0 fully saturated rings. The van der Waals surface area contributed by atoms with Gasteiger partial charge in [-0.1, -0.05) is 104 Å². The van der Waals surface area contributed by atoms with Crippen LogP contribution in [-0.4, -0.2) is 0 Å². The normalized spacial score (nSPS) is 13.4. The van der Waals surface area contributed by atoms with E-state index in [1.165, 1.54) is 77.0 Å². The Hall–Kier alpha value is -0.260. The lowest BCUT2D eigenvalue weighted by Gasteiger charge is -2.16. The molecule has 1 unspecified atom stereocenters. The van der Waals surface area contributed by atoms with Crippen molar-refractivity contribution in [2.45, 2.75) is 105 Å². The van der Waals surface area contributed by atoms with E-state index < -0.39 is 0 Å². The fraction of sp³-hybridized carbons (Fsp3) is 0.900. The third-order valence-electron chi connectivity index (χ3n) is 4.34. The molecule has 0 rings (SSSR count). The molecule has 0 N–H and O–H groups in total. The lowest BCUT2D eigenvalue weighted by molar-refractivity contribution is 0.412. The molecule has 0 aromatic rings. The maximum absolute atomic E-state index is 2.49. The van der Waals surface area contributed by atoms with Crippen LogP contribution in [0.3, 0.4) is 0 Å². The van der Waals surface area contributed by atoms with E-state index in [0.717, 1.165) is 11.8 Å². The maximum Gasteiger partial charge on any atom is -0.0210 e. The summed E-state index contributed by atoms with van der Waals surface area (Å²) in [5, 5.41) is 0. The monoisotopic (exact) mass is 280 g/mol. The minimum atomic E-state index is 0.803. The van der Waals surface area contributed by atoms with Gasteiger partial charge in [-0.15, -0.1) is 0 Å². The molecule has 0 aliphatic carbocycles. The topological polar surface area (TPSA) is 0 Å². The van der Waals surface area contributed by atoms with E-state index in [0.29, 0.717) is 0 Å². The molecular weight excluding hydrogens is 240 g/mol. The van der Waals surface area contributed by atoms with Crippen LogP contribution in [0.2, 0.25) is 0 Å². The summed E-state index contributed by atoms with van der Waals surface area (Å²) in [5.74, 6) is 1.61. The minimum Gasteiger partial charge on any atom is -0.0883 e. The third-order valence-corrected chi connectivity index (χ3v) is 4.34. The molecule has 0 spiro atoms. The van der Waals surface area contributed by atoms with Crippen molar-refractivity contribution in [1.82, 2.24) is 0 Å². The molecule has 0 nitrogen and oxygen atoms in total. The molecule has 0 amide bonds. The maximum atomic E-state index is 2.49. The Balaban J connectivity index is 3.49. The Morgan fingerprint density at radius 2 is 1.25 bits per heavy atom. The van der Waals surface area contributed by atoms with E-state index in [-0.39, 0.29) is 0 Å². The zero-order valence-corrected chi connectivity index (χ0v) is 14.8. The molecular formula is C20H40. The Bertz CT molecular complexity index is 202. The number of hydrogen-bond acceptors (Lipinski definition) is 0. The van der Waals surface area contributed by atoms with E-state index in [2.05, 4.69) is 39.8 Å². The minimum absolute atomic E-state index is 0.803. The smallest absolute Gasteiger partial charge is 0.0210 e. The van der Waals surface area contributed by atoms with Crippen LogP contribution in [0.4, 0.5) is 0 Å². The van der Waals surface area contributed by atoms with Crippen LogP contribution in [0.1, 0.15) is 105 Å². The molecule has 0 aliphatic heterocycles. The molecule has 0 heterocycles. The van der Waals surface area contributed by atoms with Crippen molar-refractivity contribution in [3.8, 4) is 0 Å². The summed E-state index contributed by atoms with van der Waals surface area (Å²) in [4.78, 5) is 0. The van der Waals surface area contributed by atoms with Crippen molar-refractivity contribution in [3.05, 3.63) is 12.2 Å². The lowest BCUT2D eigenvalue weighted by atomic mass is 9.89. The fourth-order valence-corrected chi connectivity index (χ4v) is 2.78. The first-order valence-corrected chi connectivity index (χ1v) is 9.39. The van der Waals surface area contributed by atoms with Gasteiger partial charge in [-0.2, -0.15) is 0 Å². The quantitative estimate of drug-likeness (QED) is 0.228. The highest BCUT2D eigenvalue weighted by molar-refractivity contribution is 4.89. The standard InChI is InChI=1S/C20H40/c1-5-7-9-10-11-12-13-14-16-18-20(19(3)4)17-15-8-6-2/h15,17,19-20H,5-14,16,18H2,1-4H3/b17-15+. The van der Waals surface area contributed by atoms with E-state index in [1.54, 1.807) is 0 Å². The molecule has 0 bridgehead atoms. The van der Waals surface area contributed by atoms with Crippen LogP contribution in [0.5, 0.6) is 0 Å². The van der Waals surface area contributed by atoms with Gasteiger partial charge in [0.1, 0.15) is 0 Å². The zero-order chi connectivity index (χ0) is 15.1. The summed E-state index contributed by atoms with van der Waals surface area (Å²) in [5.41, 5.74) is 0. The van der Waals surface area contributed by atoms with Gasteiger partial charge >= 0.3 is 0 Å². The second kappa shape index (κ2) is 15.1. The summed E-state index contributed by atoms with van der Waals surface area (Å²) < 4.78 is 0. The van der Waals surface area contributed by atoms with Crippen LogP contribution in [0.25, 0.3) is 0 Å². The second-order valence-corrected chi connectivity index (χ2v) is 6.74. The van der Waals surface area contributed by atoms with Crippen molar-refractivity contribution in [2.24, 2.45) is 11.8 Å². The number of unbranched alkanes of at least 4 members (excludes halogenated alkanes) is 9. The molecule has 0 aromatic heterocycles. The first kappa shape index (κ1) is 19.7. The molecule has 0 heteroatoms. The molecule has 0 aliphatic rings. The van der Waals surface area contributed by atoms with Gasteiger partial charge in [0.05, 0.1) is 0 Å². The van der Waals surface area contributed by atoms with Gasteiger partial charge in [-0.3, -0.25) is 0 Å². The van der Waals surface area contributed by atoms with Crippen molar-refractivity contribution in [3.63, 3.8) is 0 Å². The SMILES string of the molecule is CCC/C=C/C(CCCCCCCCCCC)C(C)C. The summed E-state index contributed by atoms with van der Waals surface area (Å²) in [6.07, 6.45) is 21.8. The average Bonchev–Trinajstić information content (AvgIpc) is 2.43. The Labute approximate surface area is 129 Å². The van der Waals surface area contributed by atoms with Gasteiger partial charge < -0.3 is 0 Å². The van der Waals surface area contributed by atoms with Gasteiger partial charge in [0.2, 0.25) is 0 Å². The van der Waals surface area contributed by atoms with Crippen LogP contribution >= 0.6 is 0 Å². The van der Waals surface area contributed by atoms with Crippen molar-refractivity contribution in [1.29, 1.82) is 0 Å². The first-order valence-electron chi connectivity index (χ1n) is 9.39. The highest BCUT2D eigenvalue weighted by atomic mass is 14.1. The van der Waals surface area contributed by atoms with Crippen molar-refractivity contribution in [2.75, 3.05) is 0 Å². The number of hydrogen-bond donors (Lipinski definition) is 0. The second-order valence-electron chi connectivity index (χ2n) is 6.74. The van der Waals surface area contributed by atoms with Crippen LogP contribution in [0, 0.1) is 11.8 Å².